The second kappa shape index (κ2) is 4.15. The molecule has 0 saturated carbocycles. The maximum atomic E-state index is 10.8. The van der Waals surface area contributed by atoms with Crippen LogP contribution in [0.4, 0.5) is 0 Å². The molecular formula is C13H7ClO3S. The number of carbonyl (C=O) groups is 1. The van der Waals surface area contributed by atoms with Crippen molar-refractivity contribution in [3.8, 4) is 10.6 Å². The summed E-state index contributed by atoms with van der Waals surface area (Å²) in [5.74, 6) is -0.268. The van der Waals surface area contributed by atoms with Crippen molar-refractivity contribution in [2.45, 2.75) is 0 Å². The minimum Gasteiger partial charge on any atom is -0.477 e. The van der Waals surface area contributed by atoms with Gasteiger partial charge in [0, 0.05) is 10.4 Å². The fourth-order valence-corrected chi connectivity index (χ4v) is 2.70. The van der Waals surface area contributed by atoms with Crippen molar-refractivity contribution in [1.82, 2.24) is 0 Å². The Morgan fingerprint density at radius 3 is 2.78 bits per heavy atom. The lowest BCUT2D eigenvalue weighted by Crippen LogP contribution is -1.89. The van der Waals surface area contributed by atoms with Gasteiger partial charge in [-0.1, -0.05) is 11.6 Å². The highest BCUT2D eigenvalue weighted by molar-refractivity contribution is 7.17. The maximum Gasteiger partial charge on any atom is 0.345 e. The summed E-state index contributed by atoms with van der Waals surface area (Å²) in [6, 6.07) is 10.5. The first kappa shape index (κ1) is 11.3. The Kier molecular flexibility index (Phi) is 2.61. The van der Waals surface area contributed by atoms with E-state index in [4.69, 9.17) is 21.1 Å². The van der Waals surface area contributed by atoms with Crippen molar-refractivity contribution < 1.29 is 14.3 Å². The van der Waals surface area contributed by atoms with Crippen LogP contribution in [0.5, 0.6) is 0 Å². The lowest BCUT2D eigenvalue weighted by Gasteiger charge is -1.88. The number of carboxylic acids is 1. The van der Waals surface area contributed by atoms with Crippen molar-refractivity contribution in [1.29, 1.82) is 0 Å². The Bertz CT molecular complexity index is 742. The number of fused-ring (bicyclic) bond motifs is 1. The predicted octanol–water partition coefficient (Wildman–Crippen LogP) is 4.51. The molecule has 0 spiro atoms. The molecule has 1 aromatic carbocycles. The van der Waals surface area contributed by atoms with Gasteiger partial charge in [0.1, 0.15) is 16.2 Å². The number of halogens is 1. The fraction of sp³-hybridized carbons (Fsp3) is 0. The van der Waals surface area contributed by atoms with Gasteiger partial charge < -0.3 is 9.52 Å². The van der Waals surface area contributed by atoms with Gasteiger partial charge in [0.2, 0.25) is 0 Å². The highest BCUT2D eigenvalue weighted by atomic mass is 35.5. The quantitative estimate of drug-likeness (QED) is 0.750. The van der Waals surface area contributed by atoms with E-state index < -0.39 is 5.97 Å². The summed E-state index contributed by atoms with van der Waals surface area (Å²) >= 11 is 7.09. The standard InChI is InChI=1S/C13H7ClO3S/c14-8-1-2-9-7(5-8)6-10(17-9)11-3-4-12(18-11)13(15)16/h1-6H,(H,15,16). The summed E-state index contributed by atoms with van der Waals surface area (Å²) in [5.41, 5.74) is 0.736. The van der Waals surface area contributed by atoms with Crippen LogP contribution in [-0.2, 0) is 0 Å². The number of furan rings is 1. The average Bonchev–Trinajstić information content (AvgIpc) is 2.93. The smallest absolute Gasteiger partial charge is 0.345 e. The van der Waals surface area contributed by atoms with Crippen molar-refractivity contribution in [3.05, 3.63) is 46.3 Å². The topological polar surface area (TPSA) is 50.4 Å². The lowest BCUT2D eigenvalue weighted by atomic mass is 10.2. The number of benzene rings is 1. The van der Waals surface area contributed by atoms with Crippen LogP contribution in [0, 0.1) is 0 Å². The minimum atomic E-state index is -0.926. The molecule has 2 heterocycles. The van der Waals surface area contributed by atoms with Crippen LogP contribution in [0.15, 0.2) is 40.8 Å². The number of carboxylic acid groups (broad SMARTS) is 1. The van der Waals surface area contributed by atoms with E-state index in [1.54, 1.807) is 24.3 Å². The summed E-state index contributed by atoms with van der Waals surface area (Å²) < 4.78 is 5.66. The highest BCUT2D eigenvalue weighted by Crippen LogP contribution is 2.33. The van der Waals surface area contributed by atoms with E-state index in [0.29, 0.717) is 15.7 Å². The molecule has 0 fully saturated rings. The first-order chi connectivity index (χ1) is 8.63. The van der Waals surface area contributed by atoms with E-state index in [1.807, 2.05) is 12.1 Å². The van der Waals surface area contributed by atoms with Gasteiger partial charge in [-0.15, -0.1) is 11.3 Å². The predicted molar refractivity (Wildman–Crippen MR) is 71.5 cm³/mol. The third-order valence-electron chi connectivity index (χ3n) is 2.54. The van der Waals surface area contributed by atoms with E-state index in [1.165, 1.54) is 11.3 Å². The second-order valence-corrected chi connectivity index (χ2v) is 5.28. The molecule has 0 amide bonds. The molecule has 1 N–H and O–H groups in total. The van der Waals surface area contributed by atoms with Gasteiger partial charge in [0.05, 0.1) is 4.88 Å². The molecule has 0 saturated heterocycles. The van der Waals surface area contributed by atoms with E-state index in [-0.39, 0.29) is 0 Å². The number of hydrogen-bond acceptors (Lipinski definition) is 3. The summed E-state index contributed by atoms with van der Waals surface area (Å²) in [6.07, 6.45) is 0. The molecule has 0 aliphatic carbocycles. The van der Waals surface area contributed by atoms with E-state index in [2.05, 4.69) is 0 Å². The van der Waals surface area contributed by atoms with Crippen LogP contribution in [0.1, 0.15) is 9.67 Å². The van der Waals surface area contributed by atoms with Gasteiger partial charge in [0.15, 0.2) is 0 Å². The van der Waals surface area contributed by atoms with Gasteiger partial charge in [-0.05, 0) is 36.4 Å². The molecule has 18 heavy (non-hydrogen) atoms. The van der Waals surface area contributed by atoms with Gasteiger partial charge >= 0.3 is 5.97 Å². The van der Waals surface area contributed by atoms with E-state index in [9.17, 15) is 4.79 Å². The molecule has 0 radical (unpaired) electrons. The van der Waals surface area contributed by atoms with Crippen LogP contribution < -0.4 is 0 Å². The molecule has 0 unspecified atom stereocenters. The summed E-state index contributed by atoms with van der Waals surface area (Å²) in [7, 11) is 0. The maximum absolute atomic E-state index is 10.8. The third kappa shape index (κ3) is 1.89. The van der Waals surface area contributed by atoms with Crippen molar-refractivity contribution in [2.24, 2.45) is 0 Å². The monoisotopic (exact) mass is 278 g/mol. The largest absolute Gasteiger partial charge is 0.477 e. The van der Waals surface area contributed by atoms with E-state index in [0.717, 1.165) is 15.8 Å². The SMILES string of the molecule is O=C(O)c1ccc(-c2cc3cc(Cl)ccc3o2)s1. The molecule has 0 bridgehead atoms. The molecule has 3 rings (SSSR count). The number of thiophene rings is 1. The van der Waals surface area contributed by atoms with Crippen molar-refractivity contribution in [2.75, 3.05) is 0 Å². The molecule has 3 nitrogen and oxygen atoms in total. The molecule has 0 atom stereocenters. The van der Waals surface area contributed by atoms with Gasteiger partial charge in [-0.2, -0.15) is 0 Å². The summed E-state index contributed by atoms with van der Waals surface area (Å²) in [4.78, 5) is 11.9. The highest BCUT2D eigenvalue weighted by Gasteiger charge is 2.12. The Morgan fingerprint density at radius 1 is 1.22 bits per heavy atom. The van der Waals surface area contributed by atoms with Crippen LogP contribution >= 0.6 is 22.9 Å². The van der Waals surface area contributed by atoms with E-state index >= 15 is 0 Å². The molecule has 0 aliphatic rings. The normalized spacial score (nSPS) is 10.9. The Balaban J connectivity index is 2.10. The van der Waals surface area contributed by atoms with Crippen LogP contribution in [0.3, 0.4) is 0 Å². The number of rotatable bonds is 2. The second-order valence-electron chi connectivity index (χ2n) is 3.76. The molecular weight excluding hydrogens is 272 g/mol. The van der Waals surface area contributed by atoms with Crippen LogP contribution in [-0.4, -0.2) is 11.1 Å². The van der Waals surface area contributed by atoms with Gasteiger partial charge in [0.25, 0.3) is 0 Å². The Labute approximate surface area is 111 Å². The minimum absolute atomic E-state index is 0.295. The molecule has 90 valence electrons. The third-order valence-corrected chi connectivity index (χ3v) is 3.86. The number of aromatic carboxylic acids is 1. The van der Waals surface area contributed by atoms with Crippen LogP contribution in [0.25, 0.3) is 21.6 Å². The lowest BCUT2D eigenvalue weighted by molar-refractivity contribution is 0.0702. The molecule has 3 aromatic rings. The van der Waals surface area contributed by atoms with Gasteiger partial charge in [-0.3, -0.25) is 0 Å². The zero-order valence-electron chi connectivity index (χ0n) is 9.01. The first-order valence-corrected chi connectivity index (χ1v) is 6.35. The molecule has 2 aromatic heterocycles. The zero-order chi connectivity index (χ0) is 12.7. The Morgan fingerprint density at radius 2 is 2.06 bits per heavy atom. The van der Waals surface area contributed by atoms with Crippen molar-refractivity contribution in [3.63, 3.8) is 0 Å². The Hall–Kier alpha value is -1.78. The van der Waals surface area contributed by atoms with Crippen molar-refractivity contribution >= 4 is 39.9 Å². The summed E-state index contributed by atoms with van der Waals surface area (Å²) in [6.45, 7) is 0. The van der Waals surface area contributed by atoms with Gasteiger partial charge in [-0.25, -0.2) is 4.79 Å². The summed E-state index contributed by atoms with van der Waals surface area (Å²) in [5, 5.41) is 10.4. The zero-order valence-corrected chi connectivity index (χ0v) is 10.6. The van der Waals surface area contributed by atoms with Crippen LogP contribution in [0.2, 0.25) is 5.02 Å². The molecule has 5 heteroatoms. The fourth-order valence-electron chi connectivity index (χ4n) is 1.72. The first-order valence-electron chi connectivity index (χ1n) is 5.16. The average molecular weight is 279 g/mol. The number of hydrogen-bond donors (Lipinski definition) is 1. The molecule has 0 aliphatic heterocycles.